The molecule has 1 aromatic heterocycles. The number of amides is 2. The Morgan fingerprint density at radius 2 is 1.65 bits per heavy atom. The van der Waals surface area contributed by atoms with Crippen LogP contribution in [0.1, 0.15) is 39.3 Å². The number of hydrogen-bond acceptors (Lipinski definition) is 5. The van der Waals surface area contributed by atoms with Crippen LogP contribution in [0.25, 0.3) is 0 Å². The van der Waals surface area contributed by atoms with Gasteiger partial charge in [-0.05, 0) is 13.0 Å². The van der Waals surface area contributed by atoms with E-state index < -0.39 is 11.5 Å². The lowest BCUT2D eigenvalue weighted by molar-refractivity contribution is -0.121. The van der Waals surface area contributed by atoms with Gasteiger partial charge in [0.1, 0.15) is 5.69 Å². The third kappa shape index (κ3) is 5.97. The van der Waals surface area contributed by atoms with E-state index >= 15 is 0 Å². The van der Waals surface area contributed by atoms with Gasteiger partial charge < -0.3 is 10.6 Å². The first kappa shape index (κ1) is 19.0. The Bertz CT molecular complexity index is 823. The van der Waals surface area contributed by atoms with Crippen molar-refractivity contribution in [2.75, 3.05) is 13.1 Å². The smallest absolute Gasteiger partial charge is 0.271 e. The average Bonchev–Trinajstić information content (AvgIpc) is 2.64. The number of aromatic nitrogens is 2. The van der Waals surface area contributed by atoms with E-state index in [1.165, 1.54) is 12.1 Å². The van der Waals surface area contributed by atoms with E-state index in [-0.39, 0.29) is 43.3 Å². The highest BCUT2D eigenvalue weighted by Crippen LogP contribution is 2.07. The molecule has 26 heavy (non-hydrogen) atoms. The highest BCUT2D eigenvalue weighted by molar-refractivity contribution is 5.98. The molecule has 2 rings (SSSR count). The number of rotatable bonds is 8. The molecule has 0 spiro atoms. The zero-order valence-electron chi connectivity index (χ0n) is 14.4. The van der Waals surface area contributed by atoms with Crippen LogP contribution < -0.4 is 16.2 Å². The normalized spacial score (nSPS) is 10.2. The van der Waals surface area contributed by atoms with Gasteiger partial charge in [-0.1, -0.05) is 29.8 Å². The van der Waals surface area contributed by atoms with Gasteiger partial charge in [-0.2, -0.15) is 5.10 Å². The van der Waals surface area contributed by atoms with Crippen molar-refractivity contribution >= 4 is 17.6 Å². The molecule has 8 heteroatoms. The fourth-order valence-electron chi connectivity index (χ4n) is 2.14. The number of ketones is 1. The molecule has 3 N–H and O–H groups in total. The summed E-state index contributed by atoms with van der Waals surface area (Å²) in [5.41, 5.74) is 1.34. The Hall–Kier alpha value is -3.29. The highest BCUT2D eigenvalue weighted by Gasteiger charge is 2.10. The Labute approximate surface area is 150 Å². The van der Waals surface area contributed by atoms with Crippen molar-refractivity contribution in [2.24, 2.45) is 0 Å². The first-order valence-electron chi connectivity index (χ1n) is 8.16. The zero-order chi connectivity index (χ0) is 18.9. The molecule has 0 aliphatic carbocycles. The number of aromatic amines is 1. The van der Waals surface area contributed by atoms with E-state index in [2.05, 4.69) is 20.8 Å². The van der Waals surface area contributed by atoms with Gasteiger partial charge in [-0.3, -0.25) is 19.2 Å². The minimum atomic E-state index is -0.454. The zero-order valence-corrected chi connectivity index (χ0v) is 14.4. The summed E-state index contributed by atoms with van der Waals surface area (Å²) in [6.07, 6.45) is 0.213. The van der Waals surface area contributed by atoms with Crippen LogP contribution in [0.5, 0.6) is 0 Å². The molecule has 0 unspecified atom stereocenters. The number of Topliss-reactive ketones (excluding diaryl/α,β-unsaturated/α-hetero) is 1. The fourth-order valence-corrected chi connectivity index (χ4v) is 2.14. The molecule has 1 heterocycles. The SMILES string of the molecule is Cc1ccc(C(=O)CCC(=O)NCCNC(=O)c2ccc(=O)[nH]n2)cc1. The van der Waals surface area contributed by atoms with E-state index in [4.69, 9.17) is 0 Å². The van der Waals surface area contributed by atoms with Crippen molar-refractivity contribution < 1.29 is 14.4 Å². The van der Waals surface area contributed by atoms with Crippen LogP contribution in [0.2, 0.25) is 0 Å². The lowest BCUT2D eigenvalue weighted by Gasteiger charge is -2.07. The molecule has 0 saturated carbocycles. The molecule has 0 aliphatic heterocycles. The van der Waals surface area contributed by atoms with Crippen molar-refractivity contribution in [3.8, 4) is 0 Å². The molecule has 0 atom stereocenters. The molecule has 1 aromatic carbocycles. The minimum absolute atomic E-state index is 0.0830. The van der Waals surface area contributed by atoms with Crippen molar-refractivity contribution in [1.29, 1.82) is 0 Å². The number of nitrogens with zero attached hydrogens (tertiary/aromatic N) is 1. The summed E-state index contributed by atoms with van der Waals surface area (Å²) in [4.78, 5) is 46.4. The van der Waals surface area contributed by atoms with Crippen molar-refractivity contribution in [3.05, 3.63) is 63.6 Å². The third-order valence-electron chi connectivity index (χ3n) is 3.60. The molecular formula is C18H20N4O4. The maximum absolute atomic E-state index is 12.0. The third-order valence-corrected chi connectivity index (χ3v) is 3.60. The van der Waals surface area contributed by atoms with Crippen molar-refractivity contribution in [1.82, 2.24) is 20.8 Å². The lowest BCUT2D eigenvalue weighted by atomic mass is 10.1. The van der Waals surface area contributed by atoms with Crippen LogP contribution in [-0.2, 0) is 4.79 Å². The van der Waals surface area contributed by atoms with E-state index in [1.54, 1.807) is 12.1 Å². The predicted octanol–water partition coefficient (Wildman–Crippen LogP) is 0.587. The number of nitrogens with one attached hydrogen (secondary N) is 3. The van der Waals surface area contributed by atoms with Crippen molar-refractivity contribution in [3.63, 3.8) is 0 Å². The van der Waals surface area contributed by atoms with Gasteiger partial charge in [0.2, 0.25) is 5.91 Å². The van der Waals surface area contributed by atoms with E-state index in [0.717, 1.165) is 5.56 Å². The summed E-state index contributed by atoms with van der Waals surface area (Å²) < 4.78 is 0. The Morgan fingerprint density at radius 1 is 0.962 bits per heavy atom. The summed E-state index contributed by atoms with van der Waals surface area (Å²) in [5, 5.41) is 11.0. The number of benzene rings is 1. The predicted molar refractivity (Wildman–Crippen MR) is 94.9 cm³/mol. The van der Waals surface area contributed by atoms with Gasteiger partial charge in [0, 0.05) is 37.6 Å². The first-order chi connectivity index (χ1) is 12.5. The van der Waals surface area contributed by atoms with Crippen LogP contribution in [0.4, 0.5) is 0 Å². The van der Waals surface area contributed by atoms with Crippen LogP contribution in [0.15, 0.2) is 41.2 Å². The summed E-state index contributed by atoms with van der Waals surface area (Å²) in [7, 11) is 0. The van der Waals surface area contributed by atoms with Crippen LogP contribution in [0.3, 0.4) is 0 Å². The standard InChI is InChI=1S/C18H20N4O4/c1-12-2-4-13(5-3-12)15(23)7-9-16(24)19-10-11-20-18(26)14-6-8-17(25)22-21-14/h2-6,8H,7,9-11H2,1H3,(H,19,24)(H,20,26)(H,22,25). The Morgan fingerprint density at radius 3 is 2.31 bits per heavy atom. The highest BCUT2D eigenvalue weighted by atomic mass is 16.2. The molecule has 0 saturated heterocycles. The number of hydrogen-bond donors (Lipinski definition) is 3. The van der Waals surface area contributed by atoms with Gasteiger partial charge in [0.25, 0.3) is 11.5 Å². The molecule has 0 bridgehead atoms. The summed E-state index contributed by atoms with van der Waals surface area (Å²) in [5.74, 6) is -0.801. The maximum Gasteiger partial charge on any atom is 0.271 e. The van der Waals surface area contributed by atoms with E-state index in [0.29, 0.717) is 5.56 Å². The molecule has 2 amide bonds. The van der Waals surface area contributed by atoms with Crippen molar-refractivity contribution in [2.45, 2.75) is 19.8 Å². The van der Waals surface area contributed by atoms with Gasteiger partial charge in [0.05, 0.1) is 0 Å². The Kier molecular flexibility index (Phi) is 6.78. The Balaban J connectivity index is 1.65. The maximum atomic E-state index is 12.0. The minimum Gasteiger partial charge on any atom is -0.354 e. The number of carbonyl (C=O) groups excluding carboxylic acids is 3. The fraction of sp³-hybridized carbons (Fsp3) is 0.278. The second-order valence-electron chi connectivity index (χ2n) is 5.70. The van der Waals surface area contributed by atoms with Crippen LogP contribution >= 0.6 is 0 Å². The summed E-state index contributed by atoms with van der Waals surface area (Å²) in [6.45, 7) is 2.37. The molecule has 136 valence electrons. The largest absolute Gasteiger partial charge is 0.354 e. The van der Waals surface area contributed by atoms with E-state index in [1.807, 2.05) is 19.1 Å². The monoisotopic (exact) mass is 356 g/mol. The van der Waals surface area contributed by atoms with E-state index in [9.17, 15) is 19.2 Å². The molecule has 2 aromatic rings. The summed E-state index contributed by atoms with van der Waals surface area (Å²) in [6, 6.07) is 9.71. The molecular weight excluding hydrogens is 336 g/mol. The van der Waals surface area contributed by atoms with Crippen LogP contribution in [-0.4, -0.2) is 40.9 Å². The van der Waals surface area contributed by atoms with Gasteiger partial charge in [-0.15, -0.1) is 0 Å². The molecule has 8 nitrogen and oxygen atoms in total. The second kappa shape index (κ2) is 9.26. The second-order valence-corrected chi connectivity index (χ2v) is 5.70. The first-order valence-corrected chi connectivity index (χ1v) is 8.16. The van der Waals surface area contributed by atoms with Gasteiger partial charge in [0.15, 0.2) is 5.78 Å². The average molecular weight is 356 g/mol. The number of H-pyrrole nitrogens is 1. The quantitative estimate of drug-likeness (QED) is 0.472. The van der Waals surface area contributed by atoms with Crippen LogP contribution in [0, 0.1) is 6.92 Å². The molecule has 0 radical (unpaired) electrons. The molecule has 0 fully saturated rings. The van der Waals surface area contributed by atoms with Gasteiger partial charge >= 0.3 is 0 Å². The summed E-state index contributed by atoms with van der Waals surface area (Å²) >= 11 is 0. The molecule has 0 aliphatic rings. The number of carbonyl (C=O) groups is 3. The topological polar surface area (TPSA) is 121 Å². The van der Waals surface area contributed by atoms with Gasteiger partial charge in [-0.25, -0.2) is 5.10 Å². The lowest BCUT2D eigenvalue weighted by Crippen LogP contribution is -2.35. The number of aryl methyl sites for hydroxylation is 1.